The lowest BCUT2D eigenvalue weighted by molar-refractivity contribution is 0.329. The van der Waals surface area contributed by atoms with Gasteiger partial charge in [-0.1, -0.05) is 0 Å². The van der Waals surface area contributed by atoms with Gasteiger partial charge in [-0.25, -0.2) is 0 Å². The molecular weight excluding hydrogens is 1070 g/mol. The maximum atomic E-state index is 12.4. The van der Waals surface area contributed by atoms with Crippen LogP contribution in [-0.4, -0.2) is 153 Å². The summed E-state index contributed by atoms with van der Waals surface area (Å²) >= 11 is 0. The molecular formula is C48H30O31. The second-order valence-electron chi connectivity index (χ2n) is 17.2. The lowest BCUT2D eigenvalue weighted by Gasteiger charge is -2.26. The number of rotatable bonds is 4. The lowest BCUT2D eigenvalue weighted by Crippen LogP contribution is -1.98. The molecule has 0 fully saturated rings. The van der Waals surface area contributed by atoms with Crippen molar-refractivity contribution < 1.29 is 158 Å². The van der Waals surface area contributed by atoms with Crippen LogP contribution in [0.4, 0.5) is 0 Å². The summed E-state index contributed by atoms with van der Waals surface area (Å²) in [6.07, 6.45) is 0. The zero-order chi connectivity index (χ0) is 58.4. The summed E-state index contributed by atoms with van der Waals surface area (Å²) in [7, 11) is 0. The van der Waals surface area contributed by atoms with Gasteiger partial charge in [0.2, 0.25) is 74.7 Å². The van der Waals surface area contributed by atoms with Crippen LogP contribution >= 0.6 is 0 Å². The number of phenols is 30. The van der Waals surface area contributed by atoms with Crippen LogP contribution in [0.1, 0.15) is 0 Å². The first-order valence-corrected chi connectivity index (χ1v) is 21.1. The molecule has 0 unspecified atom stereocenters. The van der Waals surface area contributed by atoms with E-state index >= 15 is 0 Å². The molecule has 9 aromatic carbocycles. The summed E-state index contributed by atoms with van der Waals surface area (Å²) in [4.78, 5) is 0. The monoisotopic (exact) mass is 1100 g/mol. The SMILES string of the molecule is Oc1c(O)c(O)c(-c2c(O)c(-c3c(O)c(O)c(O)c(O)c3O)c(O)c(-c3c4c(O)c(O)c(O)c(O)c4c(-c4c(O)c(O)c5oc6c(O)c7c(O)c(O)c(O)c(O)c7c(O)c6c5c4O)c4c(O)c(O)c(O)c(O)c34)c2O)c(O)c1O. The van der Waals surface area contributed by atoms with Crippen molar-refractivity contribution in [1.82, 2.24) is 0 Å². The Morgan fingerprint density at radius 1 is 0.114 bits per heavy atom. The van der Waals surface area contributed by atoms with E-state index in [-0.39, 0.29) is 0 Å². The van der Waals surface area contributed by atoms with E-state index in [1.807, 2.05) is 0 Å². The normalized spacial score (nSPS) is 11.8. The number of hydrogen-bond acceptors (Lipinski definition) is 31. The van der Waals surface area contributed by atoms with E-state index in [0.717, 1.165) is 0 Å². The highest BCUT2D eigenvalue weighted by atomic mass is 16.4. The molecule has 0 bridgehead atoms. The van der Waals surface area contributed by atoms with Gasteiger partial charge in [0.1, 0.15) is 28.7 Å². The zero-order valence-corrected chi connectivity index (χ0v) is 37.8. The fraction of sp³-hybridized carbons (Fsp3) is 0. The van der Waals surface area contributed by atoms with Gasteiger partial charge in [0.05, 0.1) is 54.9 Å². The minimum atomic E-state index is -2.03. The molecule has 0 atom stereocenters. The summed E-state index contributed by atoms with van der Waals surface area (Å²) in [6.45, 7) is 0. The second kappa shape index (κ2) is 15.6. The highest BCUT2D eigenvalue weighted by molar-refractivity contribution is 6.33. The Morgan fingerprint density at radius 2 is 0.304 bits per heavy atom. The Balaban J connectivity index is 1.54. The van der Waals surface area contributed by atoms with Crippen molar-refractivity contribution in [2.75, 3.05) is 0 Å². The van der Waals surface area contributed by atoms with Crippen LogP contribution in [-0.2, 0) is 0 Å². The van der Waals surface area contributed by atoms with E-state index in [0.29, 0.717) is 0 Å². The first-order chi connectivity index (χ1) is 36.8. The molecule has 0 radical (unpaired) electrons. The second-order valence-corrected chi connectivity index (χ2v) is 17.2. The van der Waals surface area contributed by atoms with Gasteiger partial charge in [-0.2, -0.15) is 0 Å². The van der Waals surface area contributed by atoms with Gasteiger partial charge in [0.25, 0.3) is 0 Å². The lowest BCUT2D eigenvalue weighted by atomic mass is 9.80. The van der Waals surface area contributed by atoms with Crippen molar-refractivity contribution in [3.8, 4) is 217 Å². The predicted molar refractivity (Wildman–Crippen MR) is 258 cm³/mol. The van der Waals surface area contributed by atoms with E-state index in [1.165, 1.54) is 0 Å². The maximum absolute atomic E-state index is 12.4. The number of hydrogen-bond donors (Lipinski definition) is 30. The standard InChI is InChI=1S/C48H30O31/c49-17-7(18(50)10(13-29(61)42(74)45(77)43(75)30(13)62)19(51)9(17)12-27(59)40(72)44(76)41(73)28(12)60)1-3-5(24(56)36(68)34(66)22(3)54)2(6-4(1)23(55)35(67)37(69)25(6)57)8-20(52)16-15-21(53)11-14(31(63)39(71)38(70)26(11)58)33(65)47(15)79-48(16)46(78)32(8)64/h49-78H. The van der Waals surface area contributed by atoms with Gasteiger partial charge >= 0.3 is 0 Å². The van der Waals surface area contributed by atoms with Crippen molar-refractivity contribution >= 4 is 54.3 Å². The van der Waals surface area contributed by atoms with Crippen molar-refractivity contribution in [3.63, 3.8) is 0 Å². The van der Waals surface area contributed by atoms with Gasteiger partial charge < -0.3 is 158 Å². The van der Waals surface area contributed by atoms with Crippen LogP contribution in [0.3, 0.4) is 0 Å². The van der Waals surface area contributed by atoms with Gasteiger partial charge in [-0.3, -0.25) is 0 Å². The molecule has 408 valence electrons. The summed E-state index contributed by atoms with van der Waals surface area (Å²) in [6, 6.07) is 0. The number of fused-ring (bicyclic) bond motifs is 6. The first kappa shape index (κ1) is 50.1. The molecule has 31 nitrogen and oxygen atoms in total. The third-order valence-electron chi connectivity index (χ3n) is 13.3. The maximum Gasteiger partial charge on any atom is 0.208 e. The van der Waals surface area contributed by atoms with Crippen LogP contribution in [0, 0.1) is 0 Å². The summed E-state index contributed by atoms with van der Waals surface area (Å²) < 4.78 is 5.46. The van der Waals surface area contributed by atoms with E-state index in [9.17, 15) is 153 Å². The largest absolute Gasteiger partial charge is 0.506 e. The third kappa shape index (κ3) is 5.70. The quantitative estimate of drug-likeness (QED) is 0.0634. The number of furan rings is 1. The Labute approximate surface area is 428 Å². The fourth-order valence-corrected chi connectivity index (χ4v) is 9.70. The molecule has 0 amide bonds. The molecule has 31 heteroatoms. The summed E-state index contributed by atoms with van der Waals surface area (Å²) in [5.74, 6) is -53.3. The highest BCUT2D eigenvalue weighted by Crippen LogP contribution is 2.71. The molecule has 0 saturated heterocycles. The summed E-state index contributed by atoms with van der Waals surface area (Å²) in [5.41, 5.74) is -15.8. The van der Waals surface area contributed by atoms with Crippen LogP contribution in [0.15, 0.2) is 4.42 Å². The third-order valence-corrected chi connectivity index (χ3v) is 13.3. The fourth-order valence-electron chi connectivity index (χ4n) is 9.70. The molecule has 0 saturated carbocycles. The minimum absolute atomic E-state index is 1.08. The van der Waals surface area contributed by atoms with Crippen molar-refractivity contribution in [2.45, 2.75) is 0 Å². The van der Waals surface area contributed by atoms with Crippen LogP contribution in [0.5, 0.6) is 172 Å². The van der Waals surface area contributed by atoms with Crippen LogP contribution in [0.25, 0.3) is 98.8 Å². The number of phenolic OH excluding ortho intramolecular Hbond substituents is 30. The van der Waals surface area contributed by atoms with Gasteiger partial charge in [0.15, 0.2) is 80.2 Å². The number of aromatic hydroxyl groups is 30. The van der Waals surface area contributed by atoms with Gasteiger partial charge in [0, 0.05) is 32.7 Å². The van der Waals surface area contributed by atoms with Crippen molar-refractivity contribution in [1.29, 1.82) is 0 Å². The molecule has 0 aliphatic carbocycles. The molecule has 0 spiro atoms. The zero-order valence-electron chi connectivity index (χ0n) is 37.8. The topological polar surface area (TPSA) is 620 Å². The average molecular weight is 1100 g/mol. The van der Waals surface area contributed by atoms with Crippen molar-refractivity contribution in [2.24, 2.45) is 0 Å². The molecule has 0 aliphatic heterocycles. The molecule has 1 heterocycles. The Morgan fingerprint density at radius 3 is 0.620 bits per heavy atom. The molecule has 0 aliphatic rings. The molecule has 30 N–H and O–H groups in total. The highest BCUT2D eigenvalue weighted by Gasteiger charge is 2.42. The number of benzene rings is 9. The Bertz CT molecular complexity index is 4360. The molecule has 10 aromatic rings. The van der Waals surface area contributed by atoms with E-state index in [2.05, 4.69) is 0 Å². The predicted octanol–water partition coefficient (Wildman–Crippen LogP) is 4.88. The smallest absolute Gasteiger partial charge is 0.208 e. The van der Waals surface area contributed by atoms with E-state index in [1.54, 1.807) is 0 Å². The molecule has 10 rings (SSSR count). The van der Waals surface area contributed by atoms with Gasteiger partial charge in [-0.15, -0.1) is 0 Å². The molecule has 1 aromatic heterocycles. The molecule has 79 heavy (non-hydrogen) atoms. The average Bonchev–Trinajstić information content (AvgIpc) is 3.84. The van der Waals surface area contributed by atoms with Crippen molar-refractivity contribution in [3.05, 3.63) is 0 Å². The summed E-state index contributed by atoms with van der Waals surface area (Å²) in [5, 5.41) is 327. The minimum Gasteiger partial charge on any atom is -0.506 e. The van der Waals surface area contributed by atoms with E-state index in [4.69, 9.17) is 4.42 Å². The van der Waals surface area contributed by atoms with Crippen LogP contribution < -0.4 is 0 Å². The van der Waals surface area contributed by atoms with E-state index < -0.39 is 271 Å². The Hall–Kier alpha value is -12.4. The Kier molecular flexibility index (Phi) is 9.86. The first-order valence-electron chi connectivity index (χ1n) is 21.1. The van der Waals surface area contributed by atoms with Crippen LogP contribution in [0.2, 0.25) is 0 Å². The van der Waals surface area contributed by atoms with Gasteiger partial charge in [-0.05, 0) is 0 Å².